The molecule has 1 atom stereocenters. The molecular weight excluding hydrogens is 297 g/mol. The standard InChI is InChI=1S/C20H17F3/c1-2-13-6-11-17-16(12-13)10-9-15(19(17)22)8-7-14-4-3-5-18(21)20(14)23/h3-5,9-10,13H,2,6,11-12H2,1H3. The van der Waals surface area contributed by atoms with Crippen LogP contribution in [0.3, 0.4) is 0 Å². The van der Waals surface area contributed by atoms with Crippen LogP contribution in [0.25, 0.3) is 0 Å². The summed E-state index contributed by atoms with van der Waals surface area (Å²) in [6.45, 7) is 2.15. The zero-order chi connectivity index (χ0) is 16.4. The molecule has 0 heterocycles. The molecule has 0 aliphatic heterocycles. The van der Waals surface area contributed by atoms with Crippen molar-refractivity contribution < 1.29 is 13.2 Å². The maximum absolute atomic E-state index is 14.6. The molecule has 0 fully saturated rings. The van der Waals surface area contributed by atoms with Gasteiger partial charge in [-0.3, -0.25) is 0 Å². The number of halogens is 3. The average molecular weight is 314 g/mol. The Kier molecular flexibility index (Phi) is 4.43. The predicted octanol–water partition coefficient (Wildman–Crippen LogP) is 5.02. The van der Waals surface area contributed by atoms with Gasteiger partial charge in [-0.1, -0.05) is 37.3 Å². The molecule has 1 unspecified atom stereocenters. The van der Waals surface area contributed by atoms with Gasteiger partial charge in [0, 0.05) is 0 Å². The van der Waals surface area contributed by atoms with Gasteiger partial charge in [-0.05, 0) is 54.5 Å². The highest BCUT2D eigenvalue weighted by molar-refractivity contribution is 5.47. The Morgan fingerprint density at radius 3 is 2.48 bits per heavy atom. The molecule has 118 valence electrons. The van der Waals surface area contributed by atoms with Crippen molar-refractivity contribution in [1.82, 2.24) is 0 Å². The van der Waals surface area contributed by atoms with Gasteiger partial charge in [-0.15, -0.1) is 0 Å². The van der Waals surface area contributed by atoms with E-state index in [0.29, 0.717) is 12.3 Å². The van der Waals surface area contributed by atoms with Gasteiger partial charge in [-0.25, -0.2) is 13.2 Å². The lowest BCUT2D eigenvalue weighted by Gasteiger charge is -2.24. The molecule has 3 rings (SSSR count). The molecule has 0 radical (unpaired) electrons. The molecule has 2 aromatic carbocycles. The SMILES string of the molecule is CCC1CCc2c(ccc(C#Cc3cccc(F)c3F)c2F)C1. The van der Waals surface area contributed by atoms with E-state index in [1.165, 1.54) is 12.1 Å². The van der Waals surface area contributed by atoms with Crippen LogP contribution in [0.4, 0.5) is 13.2 Å². The molecule has 0 aromatic heterocycles. The van der Waals surface area contributed by atoms with Gasteiger partial charge in [0.15, 0.2) is 11.6 Å². The van der Waals surface area contributed by atoms with Crippen LogP contribution in [0.1, 0.15) is 42.0 Å². The smallest absolute Gasteiger partial charge is 0.174 e. The lowest BCUT2D eigenvalue weighted by atomic mass is 9.81. The van der Waals surface area contributed by atoms with E-state index in [9.17, 15) is 13.2 Å². The second-order valence-corrected chi connectivity index (χ2v) is 5.93. The molecule has 1 aliphatic carbocycles. The topological polar surface area (TPSA) is 0 Å². The van der Waals surface area contributed by atoms with Crippen LogP contribution < -0.4 is 0 Å². The normalized spacial score (nSPS) is 16.4. The van der Waals surface area contributed by atoms with Crippen molar-refractivity contribution in [3.8, 4) is 11.8 Å². The lowest BCUT2D eigenvalue weighted by Crippen LogP contribution is -2.15. The minimum Gasteiger partial charge on any atom is -0.205 e. The van der Waals surface area contributed by atoms with E-state index in [2.05, 4.69) is 18.8 Å². The minimum absolute atomic E-state index is 0.0619. The van der Waals surface area contributed by atoms with Crippen LogP contribution in [0.2, 0.25) is 0 Å². The van der Waals surface area contributed by atoms with Crippen LogP contribution in [-0.2, 0) is 12.8 Å². The second kappa shape index (κ2) is 6.50. The predicted molar refractivity (Wildman–Crippen MR) is 84.5 cm³/mol. The first-order chi connectivity index (χ1) is 11.1. The highest BCUT2D eigenvalue weighted by Crippen LogP contribution is 2.30. The molecule has 0 nitrogen and oxygen atoms in total. The third kappa shape index (κ3) is 3.12. The summed E-state index contributed by atoms with van der Waals surface area (Å²) >= 11 is 0. The summed E-state index contributed by atoms with van der Waals surface area (Å²) < 4.78 is 41.3. The van der Waals surface area contributed by atoms with Gasteiger partial charge in [-0.2, -0.15) is 0 Å². The van der Waals surface area contributed by atoms with Crippen molar-refractivity contribution in [3.63, 3.8) is 0 Å². The van der Waals surface area contributed by atoms with Crippen molar-refractivity contribution >= 4 is 0 Å². The fourth-order valence-corrected chi connectivity index (χ4v) is 3.06. The molecule has 1 aliphatic rings. The van der Waals surface area contributed by atoms with Gasteiger partial charge in [0.2, 0.25) is 0 Å². The van der Waals surface area contributed by atoms with Crippen LogP contribution in [-0.4, -0.2) is 0 Å². The van der Waals surface area contributed by atoms with E-state index in [1.54, 1.807) is 6.07 Å². The van der Waals surface area contributed by atoms with E-state index in [-0.39, 0.29) is 16.9 Å². The summed E-state index contributed by atoms with van der Waals surface area (Å²) in [4.78, 5) is 0. The van der Waals surface area contributed by atoms with Crippen molar-refractivity contribution in [2.75, 3.05) is 0 Å². The van der Waals surface area contributed by atoms with Gasteiger partial charge in [0.1, 0.15) is 5.82 Å². The number of rotatable bonds is 1. The van der Waals surface area contributed by atoms with Crippen LogP contribution in [0, 0.1) is 35.2 Å². The van der Waals surface area contributed by atoms with E-state index in [0.717, 1.165) is 36.5 Å². The third-order valence-electron chi connectivity index (χ3n) is 4.51. The summed E-state index contributed by atoms with van der Waals surface area (Å²) in [5.41, 5.74) is 1.94. The van der Waals surface area contributed by atoms with Crippen molar-refractivity contribution in [2.24, 2.45) is 5.92 Å². The quantitative estimate of drug-likeness (QED) is 0.648. The Morgan fingerprint density at radius 2 is 1.74 bits per heavy atom. The summed E-state index contributed by atoms with van der Waals surface area (Å²) in [6.07, 6.45) is 3.69. The van der Waals surface area contributed by atoms with E-state index < -0.39 is 11.6 Å². The minimum atomic E-state index is -0.996. The number of fused-ring (bicyclic) bond motifs is 1. The maximum atomic E-state index is 14.6. The first-order valence-electron chi connectivity index (χ1n) is 7.86. The Balaban J connectivity index is 1.94. The summed E-state index contributed by atoms with van der Waals surface area (Å²) in [5, 5.41) is 0. The molecule has 23 heavy (non-hydrogen) atoms. The van der Waals surface area contributed by atoms with E-state index in [1.807, 2.05) is 6.07 Å². The molecule has 2 aromatic rings. The van der Waals surface area contributed by atoms with Crippen molar-refractivity contribution in [2.45, 2.75) is 32.6 Å². The fraction of sp³-hybridized carbons (Fsp3) is 0.300. The van der Waals surface area contributed by atoms with Crippen LogP contribution in [0.15, 0.2) is 30.3 Å². The van der Waals surface area contributed by atoms with Gasteiger partial charge < -0.3 is 0 Å². The average Bonchev–Trinajstić information content (AvgIpc) is 2.57. The first kappa shape index (κ1) is 15.7. The molecule has 0 saturated carbocycles. The maximum Gasteiger partial charge on any atom is 0.174 e. The zero-order valence-corrected chi connectivity index (χ0v) is 12.9. The Morgan fingerprint density at radius 1 is 1.00 bits per heavy atom. The fourth-order valence-electron chi connectivity index (χ4n) is 3.06. The number of hydrogen-bond donors (Lipinski definition) is 0. The van der Waals surface area contributed by atoms with Gasteiger partial charge in [0.25, 0.3) is 0 Å². The molecule has 0 bridgehead atoms. The first-order valence-corrected chi connectivity index (χ1v) is 7.86. The Bertz CT molecular complexity index is 797. The zero-order valence-electron chi connectivity index (χ0n) is 12.9. The van der Waals surface area contributed by atoms with Crippen LogP contribution in [0.5, 0.6) is 0 Å². The monoisotopic (exact) mass is 314 g/mol. The Labute approximate surface area is 134 Å². The second-order valence-electron chi connectivity index (χ2n) is 5.93. The Hall–Kier alpha value is -2.21. The summed E-state index contributed by atoms with van der Waals surface area (Å²) in [7, 11) is 0. The van der Waals surface area contributed by atoms with E-state index in [4.69, 9.17) is 0 Å². The molecular formula is C20H17F3. The molecule has 0 spiro atoms. The lowest BCUT2D eigenvalue weighted by molar-refractivity contribution is 0.434. The number of benzene rings is 2. The van der Waals surface area contributed by atoms with Gasteiger partial charge >= 0.3 is 0 Å². The highest BCUT2D eigenvalue weighted by Gasteiger charge is 2.21. The molecule has 0 amide bonds. The van der Waals surface area contributed by atoms with Crippen molar-refractivity contribution in [3.05, 3.63) is 70.0 Å². The van der Waals surface area contributed by atoms with Crippen molar-refractivity contribution in [1.29, 1.82) is 0 Å². The highest BCUT2D eigenvalue weighted by atomic mass is 19.2. The van der Waals surface area contributed by atoms with Crippen LogP contribution >= 0.6 is 0 Å². The molecule has 0 N–H and O–H groups in total. The van der Waals surface area contributed by atoms with Gasteiger partial charge in [0.05, 0.1) is 11.1 Å². The van der Waals surface area contributed by atoms with E-state index >= 15 is 0 Å². The molecule has 0 saturated heterocycles. The third-order valence-corrected chi connectivity index (χ3v) is 4.51. The number of hydrogen-bond acceptors (Lipinski definition) is 0. The molecule has 3 heteroatoms. The largest absolute Gasteiger partial charge is 0.205 e. The summed E-state index contributed by atoms with van der Waals surface area (Å²) in [5.74, 6) is 3.52. The summed E-state index contributed by atoms with van der Waals surface area (Å²) in [6, 6.07) is 7.34.